The van der Waals surface area contributed by atoms with Crippen molar-refractivity contribution in [1.82, 2.24) is 0 Å². The summed E-state index contributed by atoms with van der Waals surface area (Å²) in [5.41, 5.74) is -0.122. The fourth-order valence-electron chi connectivity index (χ4n) is 2.23. The normalized spacial score (nSPS) is 30.7. The van der Waals surface area contributed by atoms with Gasteiger partial charge in [0.2, 0.25) is 0 Å². The van der Waals surface area contributed by atoms with Gasteiger partial charge in [0.1, 0.15) is 12.7 Å². The first-order chi connectivity index (χ1) is 8.67. The van der Waals surface area contributed by atoms with Gasteiger partial charge in [0, 0.05) is 12.8 Å². The summed E-state index contributed by atoms with van der Waals surface area (Å²) >= 11 is 0. The molecule has 0 aromatic heterocycles. The first-order valence-corrected chi connectivity index (χ1v) is 6.37. The maximum atomic E-state index is 11.9. The molecule has 3 atom stereocenters. The van der Waals surface area contributed by atoms with Crippen molar-refractivity contribution in [2.75, 3.05) is 6.61 Å². The van der Waals surface area contributed by atoms with Crippen LogP contribution in [0.25, 0.3) is 0 Å². The molecule has 0 bridgehead atoms. The van der Waals surface area contributed by atoms with Gasteiger partial charge in [-0.2, -0.15) is 0 Å². The second-order valence-corrected chi connectivity index (χ2v) is 5.60. The summed E-state index contributed by atoms with van der Waals surface area (Å²) in [6, 6.07) is 0. The minimum atomic E-state index is -0.897. The Kier molecular flexibility index (Phi) is 4.74. The molecule has 5 nitrogen and oxygen atoms in total. The Balaban J connectivity index is 2.79. The van der Waals surface area contributed by atoms with Gasteiger partial charge in [-0.1, -0.05) is 6.92 Å². The number of hydrogen-bond donors (Lipinski definition) is 1. The van der Waals surface area contributed by atoms with Gasteiger partial charge in [0.05, 0.1) is 11.5 Å². The van der Waals surface area contributed by atoms with Gasteiger partial charge in [0.15, 0.2) is 0 Å². The number of aliphatic hydroxyl groups excluding tert-OH is 1. The maximum Gasteiger partial charge on any atom is 0.314 e. The number of esters is 2. The van der Waals surface area contributed by atoms with Crippen molar-refractivity contribution in [2.24, 2.45) is 11.3 Å². The predicted octanol–water partition coefficient (Wildman–Crippen LogP) is 1.44. The molecule has 1 rings (SSSR count). The fourth-order valence-corrected chi connectivity index (χ4v) is 2.23. The van der Waals surface area contributed by atoms with Crippen LogP contribution in [0.4, 0.5) is 0 Å². The van der Waals surface area contributed by atoms with E-state index >= 15 is 0 Å². The molecule has 5 heteroatoms. The van der Waals surface area contributed by atoms with Crippen LogP contribution in [-0.4, -0.2) is 35.9 Å². The standard InChI is InChI=1S/C14H22O5/c1-8(6-7-18-10(3)15)11-9(2)12(16)14(4,5)13(17)19-11/h6,9,11-12,16H,7H2,1-5H3/b8-6+/t9-,11-,12-/m0/s1. The van der Waals surface area contributed by atoms with Crippen LogP contribution < -0.4 is 0 Å². The molecule has 1 heterocycles. The summed E-state index contributed by atoms with van der Waals surface area (Å²) in [4.78, 5) is 22.6. The number of rotatable bonds is 3. The lowest BCUT2D eigenvalue weighted by Gasteiger charge is -2.42. The third-order valence-electron chi connectivity index (χ3n) is 3.62. The predicted molar refractivity (Wildman–Crippen MR) is 69.2 cm³/mol. The van der Waals surface area contributed by atoms with E-state index in [1.54, 1.807) is 26.8 Å². The molecule has 0 aromatic carbocycles. The summed E-state index contributed by atoms with van der Waals surface area (Å²) in [5.74, 6) is -0.983. The van der Waals surface area contributed by atoms with Crippen molar-refractivity contribution in [3.63, 3.8) is 0 Å². The smallest absolute Gasteiger partial charge is 0.314 e. The van der Waals surface area contributed by atoms with Crippen molar-refractivity contribution < 1.29 is 24.2 Å². The fraction of sp³-hybridized carbons (Fsp3) is 0.714. The van der Waals surface area contributed by atoms with Crippen molar-refractivity contribution >= 4 is 11.9 Å². The van der Waals surface area contributed by atoms with Gasteiger partial charge in [-0.05, 0) is 32.4 Å². The zero-order chi connectivity index (χ0) is 14.8. The van der Waals surface area contributed by atoms with E-state index in [2.05, 4.69) is 0 Å². The molecule has 0 spiro atoms. The number of carbonyl (C=O) groups excluding carboxylic acids is 2. The molecule has 0 amide bonds. The Morgan fingerprint density at radius 1 is 1.47 bits per heavy atom. The molecule has 108 valence electrons. The molecular formula is C14H22O5. The lowest BCUT2D eigenvalue weighted by Crippen LogP contribution is -2.53. The average Bonchev–Trinajstić information content (AvgIpc) is 2.31. The monoisotopic (exact) mass is 270 g/mol. The van der Waals surface area contributed by atoms with E-state index < -0.39 is 23.6 Å². The first-order valence-electron chi connectivity index (χ1n) is 6.37. The Labute approximate surface area is 113 Å². The summed E-state index contributed by atoms with van der Waals surface area (Å²) in [5, 5.41) is 10.2. The van der Waals surface area contributed by atoms with Crippen LogP contribution in [0.5, 0.6) is 0 Å². The molecule has 1 saturated heterocycles. The quantitative estimate of drug-likeness (QED) is 0.620. The largest absolute Gasteiger partial charge is 0.462 e. The molecule has 1 aliphatic heterocycles. The van der Waals surface area contributed by atoms with Crippen LogP contribution in [0.2, 0.25) is 0 Å². The van der Waals surface area contributed by atoms with Crippen LogP contribution in [0, 0.1) is 11.3 Å². The van der Waals surface area contributed by atoms with Crippen molar-refractivity contribution in [3.8, 4) is 0 Å². The Hall–Kier alpha value is -1.36. The first kappa shape index (κ1) is 15.7. The molecule has 0 saturated carbocycles. The summed E-state index contributed by atoms with van der Waals surface area (Å²) in [7, 11) is 0. The Bertz CT molecular complexity index is 397. The average molecular weight is 270 g/mol. The highest BCUT2D eigenvalue weighted by molar-refractivity contribution is 5.78. The van der Waals surface area contributed by atoms with E-state index in [4.69, 9.17) is 9.47 Å². The highest BCUT2D eigenvalue weighted by Crippen LogP contribution is 2.37. The van der Waals surface area contributed by atoms with Crippen LogP contribution in [-0.2, 0) is 19.1 Å². The molecule has 0 aromatic rings. The number of cyclic esters (lactones) is 1. The van der Waals surface area contributed by atoms with E-state index in [1.807, 2.05) is 6.92 Å². The lowest BCUT2D eigenvalue weighted by molar-refractivity contribution is -0.187. The SMILES string of the molecule is CC(=O)OC/C=C(\C)[C@@H]1OC(=O)C(C)(C)[C@@H](O)[C@H]1C. The summed E-state index contributed by atoms with van der Waals surface area (Å²) in [6.45, 7) is 8.45. The van der Waals surface area contributed by atoms with Crippen LogP contribution in [0.1, 0.15) is 34.6 Å². The minimum absolute atomic E-state index is 0.140. The molecule has 19 heavy (non-hydrogen) atoms. The summed E-state index contributed by atoms with van der Waals surface area (Å²) < 4.78 is 10.2. The minimum Gasteiger partial charge on any atom is -0.462 e. The number of hydrogen-bond acceptors (Lipinski definition) is 5. The Morgan fingerprint density at radius 2 is 2.05 bits per heavy atom. The van der Waals surface area contributed by atoms with E-state index in [9.17, 15) is 14.7 Å². The zero-order valence-electron chi connectivity index (χ0n) is 12.1. The molecular weight excluding hydrogens is 248 g/mol. The highest BCUT2D eigenvalue weighted by Gasteiger charge is 2.49. The molecule has 0 unspecified atom stereocenters. The second-order valence-electron chi connectivity index (χ2n) is 5.60. The lowest BCUT2D eigenvalue weighted by atomic mass is 9.74. The van der Waals surface area contributed by atoms with Gasteiger partial charge >= 0.3 is 11.9 Å². The summed E-state index contributed by atoms with van der Waals surface area (Å²) in [6.07, 6.45) is 0.447. The number of carbonyl (C=O) groups is 2. The Morgan fingerprint density at radius 3 is 2.58 bits per heavy atom. The second kappa shape index (κ2) is 5.74. The van der Waals surface area contributed by atoms with E-state index in [1.165, 1.54) is 6.92 Å². The third kappa shape index (κ3) is 3.35. The van der Waals surface area contributed by atoms with Gasteiger partial charge in [-0.3, -0.25) is 9.59 Å². The van der Waals surface area contributed by atoms with Gasteiger partial charge in [-0.15, -0.1) is 0 Å². The highest BCUT2D eigenvalue weighted by atomic mass is 16.6. The van der Waals surface area contributed by atoms with Crippen LogP contribution in [0.3, 0.4) is 0 Å². The van der Waals surface area contributed by atoms with Crippen molar-refractivity contribution in [1.29, 1.82) is 0 Å². The third-order valence-corrected chi connectivity index (χ3v) is 3.62. The van der Waals surface area contributed by atoms with E-state index in [0.29, 0.717) is 0 Å². The van der Waals surface area contributed by atoms with Crippen molar-refractivity contribution in [2.45, 2.75) is 46.8 Å². The number of aliphatic hydroxyl groups is 1. The molecule has 1 aliphatic rings. The van der Waals surface area contributed by atoms with E-state index in [0.717, 1.165) is 5.57 Å². The zero-order valence-corrected chi connectivity index (χ0v) is 12.1. The van der Waals surface area contributed by atoms with Crippen LogP contribution >= 0.6 is 0 Å². The molecule has 1 N–H and O–H groups in total. The van der Waals surface area contributed by atoms with Gasteiger partial charge < -0.3 is 14.6 Å². The van der Waals surface area contributed by atoms with Gasteiger partial charge in [-0.25, -0.2) is 0 Å². The van der Waals surface area contributed by atoms with Gasteiger partial charge in [0.25, 0.3) is 0 Å². The van der Waals surface area contributed by atoms with Crippen LogP contribution in [0.15, 0.2) is 11.6 Å². The van der Waals surface area contributed by atoms with E-state index in [-0.39, 0.29) is 18.5 Å². The maximum absolute atomic E-state index is 11.9. The topological polar surface area (TPSA) is 72.8 Å². The molecule has 1 fully saturated rings. The van der Waals surface area contributed by atoms with Crippen molar-refractivity contribution in [3.05, 3.63) is 11.6 Å². The molecule has 0 aliphatic carbocycles. The number of ether oxygens (including phenoxy) is 2. The molecule has 0 radical (unpaired) electrons.